The van der Waals surface area contributed by atoms with E-state index in [-0.39, 0.29) is 5.91 Å². The van der Waals surface area contributed by atoms with Crippen LogP contribution in [0.15, 0.2) is 59.8 Å². The lowest BCUT2D eigenvalue weighted by Crippen LogP contribution is -2.17. The molecule has 0 aliphatic heterocycles. The Balaban J connectivity index is 1.70. The van der Waals surface area contributed by atoms with Gasteiger partial charge in [-0.2, -0.15) is 5.10 Å². The maximum absolute atomic E-state index is 12.1. The van der Waals surface area contributed by atoms with E-state index < -0.39 is 0 Å². The second-order valence-electron chi connectivity index (χ2n) is 5.37. The summed E-state index contributed by atoms with van der Waals surface area (Å²) in [6.45, 7) is 2.52. The summed E-state index contributed by atoms with van der Waals surface area (Å²) in [4.78, 5) is 12.1. The molecule has 122 valence electrons. The van der Waals surface area contributed by atoms with Crippen molar-refractivity contribution in [2.45, 2.75) is 6.92 Å². The number of fused-ring (bicyclic) bond motifs is 1. The first-order chi connectivity index (χ1) is 11.7. The van der Waals surface area contributed by atoms with Crippen molar-refractivity contribution < 1.29 is 9.53 Å². The van der Waals surface area contributed by atoms with Crippen LogP contribution in [-0.4, -0.2) is 23.3 Å². The van der Waals surface area contributed by atoms with Crippen LogP contribution in [0, 0.1) is 0 Å². The van der Waals surface area contributed by atoms with E-state index in [9.17, 15) is 4.79 Å². The highest BCUT2D eigenvalue weighted by molar-refractivity contribution is 6.00. The average molecular weight is 321 g/mol. The van der Waals surface area contributed by atoms with Crippen LogP contribution < -0.4 is 10.2 Å². The van der Waals surface area contributed by atoms with Gasteiger partial charge in [0, 0.05) is 35.3 Å². The molecule has 1 N–H and O–H groups in total. The molecule has 0 saturated heterocycles. The number of aryl methyl sites for hydroxylation is 1. The lowest BCUT2D eigenvalue weighted by molar-refractivity contribution is 0.0955. The van der Waals surface area contributed by atoms with Gasteiger partial charge >= 0.3 is 0 Å². The number of para-hydroxylation sites is 1. The third-order valence-corrected chi connectivity index (χ3v) is 3.73. The minimum absolute atomic E-state index is 0.255. The van der Waals surface area contributed by atoms with Crippen LogP contribution in [0.25, 0.3) is 10.9 Å². The van der Waals surface area contributed by atoms with Gasteiger partial charge in [0.2, 0.25) is 0 Å². The zero-order chi connectivity index (χ0) is 16.9. The summed E-state index contributed by atoms with van der Waals surface area (Å²) in [5.74, 6) is 0.489. The molecule has 0 fully saturated rings. The lowest BCUT2D eigenvalue weighted by atomic mass is 10.2. The predicted molar refractivity (Wildman–Crippen MR) is 95.6 cm³/mol. The molecule has 3 rings (SSSR count). The van der Waals surface area contributed by atoms with Crippen molar-refractivity contribution in [2.24, 2.45) is 12.1 Å². The number of hydrogen-bond acceptors (Lipinski definition) is 3. The number of nitrogens with one attached hydrogen (secondary N) is 1. The van der Waals surface area contributed by atoms with Crippen molar-refractivity contribution in [3.8, 4) is 5.75 Å². The summed E-state index contributed by atoms with van der Waals surface area (Å²) in [6.07, 6.45) is 3.64. The monoisotopic (exact) mass is 321 g/mol. The zero-order valence-corrected chi connectivity index (χ0v) is 13.7. The van der Waals surface area contributed by atoms with Crippen molar-refractivity contribution in [2.75, 3.05) is 6.61 Å². The van der Waals surface area contributed by atoms with Crippen molar-refractivity contribution in [1.29, 1.82) is 0 Å². The Morgan fingerprint density at radius 1 is 1.21 bits per heavy atom. The molecular weight excluding hydrogens is 302 g/mol. The van der Waals surface area contributed by atoms with Crippen molar-refractivity contribution in [1.82, 2.24) is 9.99 Å². The molecule has 1 amide bonds. The fraction of sp³-hybridized carbons (Fsp3) is 0.158. The van der Waals surface area contributed by atoms with E-state index >= 15 is 0 Å². The number of aromatic nitrogens is 1. The third-order valence-electron chi connectivity index (χ3n) is 3.73. The topological polar surface area (TPSA) is 55.6 Å². The van der Waals surface area contributed by atoms with Gasteiger partial charge in [0.15, 0.2) is 0 Å². The summed E-state index contributed by atoms with van der Waals surface area (Å²) in [7, 11) is 1.98. The number of hydrogen-bond donors (Lipinski definition) is 1. The van der Waals surface area contributed by atoms with Gasteiger partial charge in [-0.1, -0.05) is 18.2 Å². The number of ether oxygens (including phenoxy) is 1. The molecule has 1 aromatic heterocycles. The molecule has 0 aliphatic carbocycles. The normalized spacial score (nSPS) is 11.1. The molecular formula is C19H19N3O2. The first kappa shape index (κ1) is 15.8. The second kappa shape index (κ2) is 7.00. The molecule has 0 spiro atoms. The number of benzene rings is 2. The minimum atomic E-state index is -0.255. The Bertz CT molecular complexity index is 879. The van der Waals surface area contributed by atoms with Crippen LogP contribution >= 0.6 is 0 Å². The van der Waals surface area contributed by atoms with Gasteiger partial charge in [-0.05, 0) is 37.3 Å². The Labute approximate surface area is 140 Å². The molecule has 5 heteroatoms. The molecule has 0 radical (unpaired) electrons. The Hall–Kier alpha value is -3.08. The summed E-state index contributed by atoms with van der Waals surface area (Å²) < 4.78 is 7.39. The summed E-state index contributed by atoms with van der Waals surface area (Å²) in [5.41, 5.74) is 5.17. The van der Waals surface area contributed by atoms with E-state index in [4.69, 9.17) is 4.74 Å². The number of carbonyl (C=O) groups is 1. The van der Waals surface area contributed by atoms with Gasteiger partial charge < -0.3 is 9.30 Å². The molecule has 0 unspecified atom stereocenters. The van der Waals surface area contributed by atoms with Gasteiger partial charge in [0.1, 0.15) is 5.75 Å². The van der Waals surface area contributed by atoms with Crippen LogP contribution in [-0.2, 0) is 7.05 Å². The quantitative estimate of drug-likeness (QED) is 0.579. The second-order valence-corrected chi connectivity index (χ2v) is 5.37. The lowest BCUT2D eigenvalue weighted by Gasteiger charge is -2.03. The molecule has 0 aliphatic rings. The number of carbonyl (C=O) groups excluding carboxylic acids is 1. The van der Waals surface area contributed by atoms with Gasteiger partial charge in [-0.15, -0.1) is 0 Å². The standard InChI is InChI=1S/C19H19N3O2/c1-3-24-16-10-8-14(9-11-16)19(23)21-20-12-15-13-22(2)18-7-5-4-6-17(15)18/h4-13H,3H2,1-2H3,(H,21,23)/b20-12+. The van der Waals surface area contributed by atoms with Crippen LogP contribution in [0.5, 0.6) is 5.75 Å². The van der Waals surface area contributed by atoms with E-state index in [0.717, 1.165) is 22.2 Å². The van der Waals surface area contributed by atoms with Crippen LogP contribution in [0.3, 0.4) is 0 Å². The average Bonchev–Trinajstić information content (AvgIpc) is 2.92. The molecule has 0 atom stereocenters. The molecule has 0 bridgehead atoms. The van der Waals surface area contributed by atoms with Crippen molar-refractivity contribution in [3.63, 3.8) is 0 Å². The van der Waals surface area contributed by atoms with Crippen LogP contribution in [0.4, 0.5) is 0 Å². The number of nitrogens with zero attached hydrogens (tertiary/aromatic N) is 2. The van der Waals surface area contributed by atoms with E-state index in [1.165, 1.54) is 0 Å². The Morgan fingerprint density at radius 2 is 1.96 bits per heavy atom. The molecule has 3 aromatic rings. The smallest absolute Gasteiger partial charge is 0.271 e. The summed E-state index contributed by atoms with van der Waals surface area (Å²) in [5, 5.41) is 5.17. The fourth-order valence-electron chi connectivity index (χ4n) is 2.57. The minimum Gasteiger partial charge on any atom is -0.494 e. The zero-order valence-electron chi connectivity index (χ0n) is 13.7. The maximum atomic E-state index is 12.1. The third kappa shape index (κ3) is 3.30. The molecule has 0 saturated carbocycles. The number of amides is 1. The van der Waals surface area contributed by atoms with E-state index in [0.29, 0.717) is 12.2 Å². The predicted octanol–water partition coefficient (Wildman–Crippen LogP) is 3.34. The highest BCUT2D eigenvalue weighted by Gasteiger charge is 2.06. The number of rotatable bonds is 5. The largest absolute Gasteiger partial charge is 0.494 e. The number of hydrazone groups is 1. The first-order valence-corrected chi connectivity index (χ1v) is 7.79. The van der Waals surface area contributed by atoms with Crippen LogP contribution in [0.1, 0.15) is 22.8 Å². The first-order valence-electron chi connectivity index (χ1n) is 7.79. The van der Waals surface area contributed by atoms with E-state index in [1.807, 2.05) is 49.0 Å². The Kier molecular flexibility index (Phi) is 4.61. The molecule has 2 aromatic carbocycles. The Morgan fingerprint density at radius 3 is 2.71 bits per heavy atom. The molecule has 24 heavy (non-hydrogen) atoms. The van der Waals surface area contributed by atoms with Gasteiger partial charge in [0.05, 0.1) is 12.8 Å². The van der Waals surface area contributed by atoms with E-state index in [1.54, 1.807) is 30.5 Å². The van der Waals surface area contributed by atoms with Crippen molar-refractivity contribution in [3.05, 3.63) is 65.9 Å². The van der Waals surface area contributed by atoms with E-state index in [2.05, 4.69) is 10.5 Å². The molecule has 5 nitrogen and oxygen atoms in total. The fourth-order valence-corrected chi connectivity index (χ4v) is 2.57. The maximum Gasteiger partial charge on any atom is 0.271 e. The van der Waals surface area contributed by atoms with Crippen LogP contribution in [0.2, 0.25) is 0 Å². The summed E-state index contributed by atoms with van der Waals surface area (Å²) in [6, 6.07) is 15.0. The van der Waals surface area contributed by atoms with Gasteiger partial charge in [0.25, 0.3) is 5.91 Å². The molecule has 1 heterocycles. The van der Waals surface area contributed by atoms with Crippen molar-refractivity contribution >= 4 is 23.0 Å². The highest BCUT2D eigenvalue weighted by atomic mass is 16.5. The van der Waals surface area contributed by atoms with Gasteiger partial charge in [-0.3, -0.25) is 4.79 Å². The highest BCUT2D eigenvalue weighted by Crippen LogP contribution is 2.18. The van der Waals surface area contributed by atoms with Gasteiger partial charge in [-0.25, -0.2) is 5.43 Å². The SMILES string of the molecule is CCOc1ccc(C(=O)N/N=C/c2cn(C)c3ccccc23)cc1. The summed E-state index contributed by atoms with van der Waals surface area (Å²) >= 11 is 0.